The summed E-state index contributed by atoms with van der Waals surface area (Å²) in [5.74, 6) is 0. The fourth-order valence-electron chi connectivity index (χ4n) is 0.567. The minimum Gasteiger partial charge on any atom is -0.502 e. The summed E-state index contributed by atoms with van der Waals surface area (Å²) in [6.07, 6.45) is 1.50. The second kappa shape index (κ2) is 2.75. The smallest absolute Gasteiger partial charge is 0.212 e. The topological polar surface area (TPSA) is 49.2 Å². The van der Waals surface area contributed by atoms with Crippen LogP contribution in [-0.4, -0.2) is 4.98 Å². The van der Waals surface area contributed by atoms with Gasteiger partial charge in [-0.1, -0.05) is 11.6 Å². The lowest BCUT2D eigenvalue weighted by Gasteiger charge is -1.93. The van der Waals surface area contributed by atoms with Gasteiger partial charge in [-0.3, -0.25) is 10.1 Å². The third kappa shape index (κ3) is 1.30. The van der Waals surface area contributed by atoms with Crippen molar-refractivity contribution >= 4 is 17.3 Å². The predicted octanol–water partition coefficient (Wildman–Crippen LogP) is 0.777. The second-order valence-electron chi connectivity index (χ2n) is 1.90. The summed E-state index contributed by atoms with van der Waals surface area (Å²) in [5, 5.41) is 2.49. The molecule has 1 heterocycles. The van der Waals surface area contributed by atoms with Gasteiger partial charge in [0, 0.05) is 6.07 Å². The fraction of sp³-hybridized carbons (Fsp3) is 0.167. The van der Waals surface area contributed by atoms with Gasteiger partial charge in [-0.05, 0) is 6.92 Å². The number of aryl methyl sites for hydroxylation is 1. The molecular weight excluding hydrogens is 150 g/mol. The monoisotopic (exact) mass is 155 g/mol. The van der Waals surface area contributed by atoms with Crippen LogP contribution in [0, 0.1) is 6.92 Å². The number of nitrogens with one attached hydrogen (secondary N) is 1. The average Bonchev–Trinajstić information content (AvgIpc) is 1.95. The molecule has 10 heavy (non-hydrogen) atoms. The molecule has 1 N–H and O–H groups in total. The van der Waals surface area contributed by atoms with Crippen LogP contribution in [-0.2, 0) is 0 Å². The molecular formula is C6H6ClN3. The van der Waals surface area contributed by atoms with Crippen molar-refractivity contribution in [1.82, 2.24) is 4.98 Å². The summed E-state index contributed by atoms with van der Waals surface area (Å²) in [5.41, 5.74) is 9.65. The van der Waals surface area contributed by atoms with E-state index in [4.69, 9.17) is 17.1 Å². The lowest BCUT2D eigenvalue weighted by molar-refractivity contribution is -0.380. The van der Waals surface area contributed by atoms with Crippen LogP contribution in [0.4, 0.5) is 5.69 Å². The van der Waals surface area contributed by atoms with Gasteiger partial charge in [-0.15, -0.1) is 0 Å². The van der Waals surface area contributed by atoms with E-state index in [-0.39, 0.29) is 0 Å². The Hall–Kier alpha value is -0.960. The number of nitrogens with zero attached hydrogens (tertiary/aromatic N) is 2. The maximum Gasteiger partial charge on any atom is 0.212 e. The van der Waals surface area contributed by atoms with Crippen molar-refractivity contribution < 1.29 is 5.11 Å². The van der Waals surface area contributed by atoms with E-state index in [1.54, 1.807) is 13.0 Å². The first-order valence-corrected chi connectivity index (χ1v) is 3.14. The zero-order valence-corrected chi connectivity index (χ0v) is 6.18. The van der Waals surface area contributed by atoms with Crippen molar-refractivity contribution in [3.05, 3.63) is 28.5 Å². The highest BCUT2D eigenvalue weighted by Gasteiger charge is 1.98. The maximum absolute atomic E-state index is 8.40. The Balaban J connectivity index is 3.16. The van der Waals surface area contributed by atoms with Gasteiger partial charge in [0.1, 0.15) is 0 Å². The molecule has 52 valence electrons. The number of hydrogen-bond donors (Lipinski definition) is 1. The Labute approximate surface area is 63.6 Å². The maximum atomic E-state index is 8.40. The van der Waals surface area contributed by atoms with Gasteiger partial charge in [0.05, 0.1) is 16.9 Å². The SMILES string of the molecule is Cc1ncc([NH+]=[N-])cc1Cl. The molecule has 0 aliphatic carbocycles. The van der Waals surface area contributed by atoms with Gasteiger partial charge in [0.25, 0.3) is 0 Å². The van der Waals surface area contributed by atoms with Crippen molar-refractivity contribution in [1.29, 1.82) is 0 Å². The average molecular weight is 156 g/mol. The molecule has 0 aliphatic rings. The molecule has 0 bridgehead atoms. The van der Waals surface area contributed by atoms with Crippen LogP contribution in [0.3, 0.4) is 0 Å². The van der Waals surface area contributed by atoms with E-state index in [0.29, 0.717) is 10.7 Å². The third-order valence-electron chi connectivity index (χ3n) is 1.15. The van der Waals surface area contributed by atoms with Crippen molar-refractivity contribution in [3.63, 3.8) is 0 Å². The van der Waals surface area contributed by atoms with E-state index in [1.165, 1.54) is 6.20 Å². The van der Waals surface area contributed by atoms with E-state index in [1.807, 2.05) is 5.11 Å². The molecule has 0 fully saturated rings. The highest BCUT2D eigenvalue weighted by molar-refractivity contribution is 6.31. The van der Waals surface area contributed by atoms with Gasteiger partial charge >= 0.3 is 0 Å². The van der Waals surface area contributed by atoms with E-state index in [2.05, 4.69) is 4.98 Å². The molecule has 0 spiro atoms. The number of rotatable bonds is 1. The summed E-state index contributed by atoms with van der Waals surface area (Å²) >= 11 is 5.68. The van der Waals surface area contributed by atoms with Gasteiger partial charge in [0.2, 0.25) is 5.69 Å². The third-order valence-corrected chi connectivity index (χ3v) is 1.54. The Kier molecular flexibility index (Phi) is 1.97. The first kappa shape index (κ1) is 7.15. The standard InChI is InChI=1S/C6H6ClN3/c1-4-6(7)2-5(10-8)3-9-4/h2-3,10H,1H3. The Morgan fingerprint density at radius 2 is 2.40 bits per heavy atom. The predicted molar refractivity (Wildman–Crippen MR) is 38.0 cm³/mol. The van der Waals surface area contributed by atoms with Crippen LogP contribution >= 0.6 is 11.6 Å². The van der Waals surface area contributed by atoms with Crippen molar-refractivity contribution in [2.45, 2.75) is 6.92 Å². The van der Waals surface area contributed by atoms with Crippen LogP contribution in [0.1, 0.15) is 5.69 Å². The molecule has 0 atom stereocenters. The Morgan fingerprint density at radius 3 is 2.90 bits per heavy atom. The van der Waals surface area contributed by atoms with E-state index < -0.39 is 0 Å². The molecule has 4 heteroatoms. The molecule has 0 aliphatic heterocycles. The number of hydrogen-bond acceptors (Lipinski definition) is 1. The summed E-state index contributed by atoms with van der Waals surface area (Å²) in [4.78, 5) is 3.90. The first-order valence-electron chi connectivity index (χ1n) is 2.76. The summed E-state index contributed by atoms with van der Waals surface area (Å²) in [6.45, 7) is 1.80. The van der Waals surface area contributed by atoms with E-state index >= 15 is 0 Å². The quantitative estimate of drug-likeness (QED) is 0.599. The summed E-state index contributed by atoms with van der Waals surface area (Å²) in [6, 6.07) is 1.60. The molecule has 0 aromatic carbocycles. The lowest BCUT2D eigenvalue weighted by Crippen LogP contribution is -2.54. The molecule has 1 rings (SSSR count). The molecule has 0 radical (unpaired) electrons. The minimum absolute atomic E-state index is 0.496. The van der Waals surface area contributed by atoms with Crippen LogP contribution in [0.15, 0.2) is 12.3 Å². The highest BCUT2D eigenvalue weighted by atomic mass is 35.5. The molecule has 1 aromatic heterocycles. The highest BCUT2D eigenvalue weighted by Crippen LogP contribution is 2.13. The lowest BCUT2D eigenvalue weighted by atomic mass is 10.3. The molecule has 0 amide bonds. The summed E-state index contributed by atoms with van der Waals surface area (Å²) in [7, 11) is 0. The van der Waals surface area contributed by atoms with Gasteiger partial charge in [0.15, 0.2) is 0 Å². The Bertz CT molecular complexity index is 259. The van der Waals surface area contributed by atoms with E-state index in [0.717, 1.165) is 5.69 Å². The van der Waals surface area contributed by atoms with Crippen LogP contribution in [0.5, 0.6) is 0 Å². The number of halogens is 1. The fourth-order valence-corrected chi connectivity index (χ4v) is 0.734. The zero-order chi connectivity index (χ0) is 7.56. The van der Waals surface area contributed by atoms with Crippen LogP contribution in [0.2, 0.25) is 5.02 Å². The van der Waals surface area contributed by atoms with Crippen molar-refractivity contribution in [2.75, 3.05) is 0 Å². The minimum atomic E-state index is 0.496. The molecule has 0 saturated heterocycles. The zero-order valence-electron chi connectivity index (χ0n) is 5.43. The molecule has 1 aromatic rings. The van der Waals surface area contributed by atoms with Gasteiger partial charge in [-0.25, -0.2) is 0 Å². The normalized spacial score (nSPS) is 9.40. The van der Waals surface area contributed by atoms with Crippen LogP contribution in [0.25, 0.3) is 5.53 Å². The van der Waals surface area contributed by atoms with Crippen molar-refractivity contribution in [3.8, 4) is 0 Å². The second-order valence-corrected chi connectivity index (χ2v) is 2.31. The van der Waals surface area contributed by atoms with E-state index in [9.17, 15) is 0 Å². The molecule has 3 nitrogen and oxygen atoms in total. The molecule has 0 saturated carbocycles. The molecule has 0 unspecified atom stereocenters. The Morgan fingerprint density at radius 1 is 1.70 bits per heavy atom. The first-order chi connectivity index (χ1) is 4.74. The van der Waals surface area contributed by atoms with Crippen LogP contribution < -0.4 is 5.11 Å². The van der Waals surface area contributed by atoms with Gasteiger partial charge in [-0.2, -0.15) is 0 Å². The van der Waals surface area contributed by atoms with Gasteiger partial charge < -0.3 is 5.53 Å². The van der Waals surface area contributed by atoms with Crippen molar-refractivity contribution in [2.24, 2.45) is 0 Å². The number of aromatic nitrogens is 1. The summed E-state index contributed by atoms with van der Waals surface area (Å²) < 4.78 is 0. The number of pyridine rings is 1. The largest absolute Gasteiger partial charge is 0.502 e.